The van der Waals surface area contributed by atoms with Crippen LogP contribution in [0.25, 0.3) is 0 Å². The van der Waals surface area contributed by atoms with Crippen molar-refractivity contribution in [2.75, 3.05) is 13.7 Å². The second kappa shape index (κ2) is 4.21. The van der Waals surface area contributed by atoms with Gasteiger partial charge in [0.1, 0.15) is 5.75 Å². The first kappa shape index (κ1) is 10.5. The Morgan fingerprint density at radius 3 is 2.80 bits per heavy atom. The summed E-state index contributed by atoms with van der Waals surface area (Å²) in [5, 5.41) is 9.09. The Hall–Kier alpha value is -1.06. The number of aliphatic hydroxyl groups excluding tert-OH is 1. The molecule has 1 aliphatic carbocycles. The van der Waals surface area contributed by atoms with Gasteiger partial charge in [0.05, 0.1) is 19.8 Å². The largest absolute Gasteiger partial charge is 0.496 e. The highest BCUT2D eigenvalue weighted by Gasteiger charge is 2.21. The van der Waals surface area contributed by atoms with Gasteiger partial charge in [0.15, 0.2) is 0 Å². The van der Waals surface area contributed by atoms with E-state index in [2.05, 4.69) is 0 Å². The Bertz CT molecular complexity index is 363. The summed E-state index contributed by atoms with van der Waals surface area (Å²) in [5.74, 6) is 0.955. The number of ether oxygens (including phenoxy) is 1. The van der Waals surface area contributed by atoms with Crippen LogP contribution in [0.3, 0.4) is 0 Å². The summed E-state index contributed by atoms with van der Waals surface area (Å²) in [6.45, 7) is -0.00122. The predicted octanol–water partition coefficient (Wildman–Crippen LogP) is 1.18. The monoisotopic (exact) mass is 207 g/mol. The third kappa shape index (κ3) is 1.73. The number of hydrogen-bond donors (Lipinski definition) is 2. The van der Waals surface area contributed by atoms with Gasteiger partial charge in [-0.3, -0.25) is 0 Å². The van der Waals surface area contributed by atoms with Gasteiger partial charge in [-0.05, 0) is 42.0 Å². The highest BCUT2D eigenvalue weighted by Crippen LogP contribution is 2.34. The summed E-state index contributed by atoms with van der Waals surface area (Å²) < 4.78 is 5.32. The number of rotatable bonds is 3. The molecule has 1 atom stereocenters. The van der Waals surface area contributed by atoms with E-state index in [0.29, 0.717) is 0 Å². The van der Waals surface area contributed by atoms with Gasteiger partial charge in [-0.1, -0.05) is 6.07 Å². The maximum Gasteiger partial charge on any atom is 0.122 e. The quantitative estimate of drug-likeness (QED) is 0.782. The van der Waals surface area contributed by atoms with Gasteiger partial charge in [-0.2, -0.15) is 0 Å². The predicted molar refractivity (Wildman–Crippen MR) is 59.0 cm³/mol. The van der Waals surface area contributed by atoms with E-state index in [0.717, 1.165) is 30.6 Å². The van der Waals surface area contributed by atoms with Crippen molar-refractivity contribution in [1.29, 1.82) is 0 Å². The molecule has 15 heavy (non-hydrogen) atoms. The first-order chi connectivity index (χ1) is 7.27. The summed E-state index contributed by atoms with van der Waals surface area (Å²) in [7, 11) is 1.69. The summed E-state index contributed by atoms with van der Waals surface area (Å²) in [4.78, 5) is 0. The normalized spacial score (nSPS) is 16.2. The minimum Gasteiger partial charge on any atom is -0.496 e. The molecule has 0 fully saturated rings. The van der Waals surface area contributed by atoms with Crippen molar-refractivity contribution in [3.8, 4) is 5.75 Å². The fraction of sp³-hybridized carbons (Fsp3) is 0.500. The molecule has 0 radical (unpaired) electrons. The molecule has 0 saturated carbocycles. The lowest BCUT2D eigenvalue weighted by Crippen LogP contribution is -2.16. The van der Waals surface area contributed by atoms with Crippen LogP contribution in [-0.2, 0) is 12.8 Å². The fourth-order valence-electron chi connectivity index (χ4n) is 2.34. The van der Waals surface area contributed by atoms with Crippen molar-refractivity contribution >= 4 is 0 Å². The zero-order valence-electron chi connectivity index (χ0n) is 8.99. The third-order valence-electron chi connectivity index (χ3n) is 3.09. The van der Waals surface area contributed by atoms with E-state index in [-0.39, 0.29) is 12.6 Å². The number of fused-ring (bicyclic) bond motifs is 1. The van der Waals surface area contributed by atoms with Crippen molar-refractivity contribution in [2.24, 2.45) is 5.73 Å². The van der Waals surface area contributed by atoms with Gasteiger partial charge < -0.3 is 15.6 Å². The standard InChI is InChI=1S/C12H17NO2/c1-15-12-6-5-9(11(13)7-14)8-3-2-4-10(8)12/h5-6,11,14H,2-4,7,13H2,1H3. The molecule has 3 N–H and O–H groups in total. The van der Waals surface area contributed by atoms with Gasteiger partial charge in [0, 0.05) is 0 Å². The molecule has 3 nitrogen and oxygen atoms in total. The Kier molecular flexibility index (Phi) is 2.93. The minimum absolute atomic E-state index is 0.00122. The first-order valence-electron chi connectivity index (χ1n) is 5.33. The topological polar surface area (TPSA) is 55.5 Å². The Labute approximate surface area is 89.9 Å². The molecule has 1 aliphatic rings. The van der Waals surface area contributed by atoms with E-state index < -0.39 is 0 Å². The molecule has 0 bridgehead atoms. The molecule has 1 aromatic rings. The highest BCUT2D eigenvalue weighted by atomic mass is 16.5. The van der Waals surface area contributed by atoms with E-state index in [1.807, 2.05) is 12.1 Å². The molecule has 0 saturated heterocycles. The zero-order chi connectivity index (χ0) is 10.8. The Balaban J connectivity index is 2.47. The Morgan fingerprint density at radius 1 is 1.40 bits per heavy atom. The molecule has 0 amide bonds. The highest BCUT2D eigenvalue weighted by molar-refractivity contribution is 5.48. The molecular weight excluding hydrogens is 190 g/mol. The molecule has 0 spiro atoms. The lowest BCUT2D eigenvalue weighted by Gasteiger charge is -2.16. The number of hydrogen-bond acceptors (Lipinski definition) is 3. The van der Waals surface area contributed by atoms with Crippen molar-refractivity contribution in [2.45, 2.75) is 25.3 Å². The van der Waals surface area contributed by atoms with Crippen molar-refractivity contribution in [3.63, 3.8) is 0 Å². The SMILES string of the molecule is COc1ccc(C(N)CO)c2c1CCC2. The van der Waals surface area contributed by atoms with E-state index in [1.54, 1.807) is 7.11 Å². The van der Waals surface area contributed by atoms with Crippen LogP contribution in [0.5, 0.6) is 5.75 Å². The van der Waals surface area contributed by atoms with Crippen LogP contribution in [0.4, 0.5) is 0 Å². The second-order valence-corrected chi connectivity index (χ2v) is 3.96. The van der Waals surface area contributed by atoms with E-state index in [9.17, 15) is 0 Å². The molecule has 3 heteroatoms. The number of benzene rings is 1. The van der Waals surface area contributed by atoms with Gasteiger partial charge in [0.2, 0.25) is 0 Å². The van der Waals surface area contributed by atoms with Crippen LogP contribution in [0, 0.1) is 0 Å². The molecule has 0 aromatic heterocycles. The summed E-state index contributed by atoms with van der Waals surface area (Å²) in [6.07, 6.45) is 3.26. The van der Waals surface area contributed by atoms with Crippen LogP contribution in [0.2, 0.25) is 0 Å². The van der Waals surface area contributed by atoms with Crippen molar-refractivity contribution < 1.29 is 9.84 Å². The average Bonchev–Trinajstić information content (AvgIpc) is 2.75. The molecule has 82 valence electrons. The molecule has 0 heterocycles. The molecule has 1 unspecified atom stereocenters. The van der Waals surface area contributed by atoms with E-state index in [4.69, 9.17) is 15.6 Å². The number of methoxy groups -OCH3 is 1. The maximum absolute atomic E-state index is 9.09. The van der Waals surface area contributed by atoms with Crippen LogP contribution < -0.4 is 10.5 Å². The minimum atomic E-state index is -0.261. The third-order valence-corrected chi connectivity index (χ3v) is 3.09. The average molecular weight is 207 g/mol. The molecule has 2 rings (SSSR count). The smallest absolute Gasteiger partial charge is 0.122 e. The van der Waals surface area contributed by atoms with Gasteiger partial charge in [0.25, 0.3) is 0 Å². The Morgan fingerprint density at radius 2 is 2.13 bits per heavy atom. The van der Waals surface area contributed by atoms with Gasteiger partial charge in [-0.25, -0.2) is 0 Å². The van der Waals surface area contributed by atoms with Gasteiger partial charge in [-0.15, -0.1) is 0 Å². The lowest BCUT2D eigenvalue weighted by molar-refractivity contribution is 0.267. The number of nitrogens with two attached hydrogens (primary N) is 1. The maximum atomic E-state index is 9.09. The van der Waals surface area contributed by atoms with Crippen molar-refractivity contribution in [1.82, 2.24) is 0 Å². The van der Waals surface area contributed by atoms with Crippen molar-refractivity contribution in [3.05, 3.63) is 28.8 Å². The van der Waals surface area contributed by atoms with Crippen LogP contribution in [0.1, 0.15) is 29.2 Å². The first-order valence-corrected chi connectivity index (χ1v) is 5.33. The van der Waals surface area contributed by atoms with Crippen LogP contribution >= 0.6 is 0 Å². The lowest BCUT2D eigenvalue weighted by atomic mass is 9.97. The molecule has 0 aliphatic heterocycles. The summed E-state index contributed by atoms with van der Waals surface area (Å²) in [6, 6.07) is 3.67. The van der Waals surface area contributed by atoms with E-state index >= 15 is 0 Å². The fourth-order valence-corrected chi connectivity index (χ4v) is 2.34. The second-order valence-electron chi connectivity index (χ2n) is 3.96. The van der Waals surface area contributed by atoms with Crippen LogP contribution in [-0.4, -0.2) is 18.8 Å². The number of aliphatic hydroxyl groups is 1. The zero-order valence-corrected chi connectivity index (χ0v) is 8.99. The summed E-state index contributed by atoms with van der Waals surface area (Å²) >= 11 is 0. The molecular formula is C12H17NO2. The molecule has 1 aromatic carbocycles. The van der Waals surface area contributed by atoms with E-state index in [1.165, 1.54) is 11.1 Å². The van der Waals surface area contributed by atoms with Gasteiger partial charge >= 0.3 is 0 Å². The summed E-state index contributed by atoms with van der Waals surface area (Å²) in [5.41, 5.74) is 9.51. The van der Waals surface area contributed by atoms with Crippen LogP contribution in [0.15, 0.2) is 12.1 Å².